The number of hydrogen-bond acceptors (Lipinski definition) is 1. The van der Waals surface area contributed by atoms with Gasteiger partial charge in [0.15, 0.2) is 0 Å². The van der Waals surface area contributed by atoms with Crippen LogP contribution in [0, 0.1) is 5.82 Å². The van der Waals surface area contributed by atoms with Gasteiger partial charge in [0.25, 0.3) is 0 Å². The van der Waals surface area contributed by atoms with Crippen molar-refractivity contribution in [2.24, 2.45) is 0 Å². The molecule has 0 aromatic heterocycles. The zero-order valence-corrected chi connectivity index (χ0v) is 11.4. The fourth-order valence-corrected chi connectivity index (χ4v) is 2.68. The zero-order chi connectivity index (χ0) is 13.8. The molecule has 20 heavy (non-hydrogen) atoms. The van der Waals surface area contributed by atoms with Gasteiger partial charge in [0.2, 0.25) is 0 Å². The van der Waals surface area contributed by atoms with Gasteiger partial charge in [-0.25, -0.2) is 4.39 Å². The smallest absolute Gasteiger partial charge is 0.123 e. The first-order valence-corrected chi connectivity index (χ1v) is 7.05. The Morgan fingerprint density at radius 2 is 1.80 bits per heavy atom. The van der Waals surface area contributed by atoms with Crippen LogP contribution in [0.4, 0.5) is 4.39 Å². The molecule has 102 valence electrons. The molecule has 0 spiro atoms. The van der Waals surface area contributed by atoms with Crippen molar-refractivity contribution in [2.75, 3.05) is 13.1 Å². The van der Waals surface area contributed by atoms with Crippen molar-refractivity contribution < 1.29 is 4.39 Å². The van der Waals surface area contributed by atoms with Crippen LogP contribution < -0.4 is 5.32 Å². The molecule has 0 saturated carbocycles. The van der Waals surface area contributed by atoms with Crippen molar-refractivity contribution in [3.63, 3.8) is 0 Å². The van der Waals surface area contributed by atoms with Crippen LogP contribution in [0.25, 0.3) is 5.57 Å². The minimum absolute atomic E-state index is 0.178. The van der Waals surface area contributed by atoms with Gasteiger partial charge in [-0.3, -0.25) is 0 Å². The Labute approximate surface area is 119 Å². The van der Waals surface area contributed by atoms with Crippen molar-refractivity contribution >= 4 is 5.57 Å². The highest BCUT2D eigenvalue weighted by Gasteiger charge is 2.10. The van der Waals surface area contributed by atoms with E-state index in [1.807, 2.05) is 12.1 Å². The Morgan fingerprint density at radius 1 is 1.00 bits per heavy atom. The van der Waals surface area contributed by atoms with Gasteiger partial charge >= 0.3 is 0 Å². The second-order valence-electron chi connectivity index (χ2n) is 5.14. The maximum atomic E-state index is 13.0. The van der Waals surface area contributed by atoms with Crippen LogP contribution in [0.2, 0.25) is 0 Å². The number of halogens is 1. The minimum Gasteiger partial charge on any atom is -0.313 e. The molecule has 1 heterocycles. The van der Waals surface area contributed by atoms with Crippen LogP contribution in [0.15, 0.2) is 54.6 Å². The first kappa shape index (κ1) is 13.1. The third-order valence-corrected chi connectivity index (χ3v) is 3.74. The average molecular weight is 267 g/mol. The third kappa shape index (κ3) is 2.97. The molecule has 0 saturated heterocycles. The highest BCUT2D eigenvalue weighted by atomic mass is 19.1. The van der Waals surface area contributed by atoms with E-state index in [0.717, 1.165) is 31.5 Å². The van der Waals surface area contributed by atoms with Gasteiger partial charge in [0, 0.05) is 6.54 Å². The maximum absolute atomic E-state index is 13.0. The van der Waals surface area contributed by atoms with Crippen LogP contribution in [0.3, 0.4) is 0 Å². The zero-order valence-electron chi connectivity index (χ0n) is 11.4. The first-order valence-electron chi connectivity index (χ1n) is 7.05. The van der Waals surface area contributed by atoms with Crippen molar-refractivity contribution in [2.45, 2.75) is 12.8 Å². The van der Waals surface area contributed by atoms with Gasteiger partial charge in [-0.1, -0.05) is 42.5 Å². The van der Waals surface area contributed by atoms with Gasteiger partial charge in [0.05, 0.1) is 0 Å². The van der Waals surface area contributed by atoms with E-state index in [-0.39, 0.29) is 5.82 Å². The molecular weight excluding hydrogens is 249 g/mol. The fourth-order valence-electron chi connectivity index (χ4n) is 2.68. The molecular formula is C18H18FN. The largest absolute Gasteiger partial charge is 0.313 e. The van der Waals surface area contributed by atoms with Crippen molar-refractivity contribution in [1.29, 1.82) is 0 Å². The van der Waals surface area contributed by atoms with E-state index in [9.17, 15) is 4.39 Å². The van der Waals surface area contributed by atoms with Crippen molar-refractivity contribution in [3.8, 4) is 0 Å². The Hall–Kier alpha value is -1.93. The van der Waals surface area contributed by atoms with Gasteiger partial charge in [0.1, 0.15) is 5.82 Å². The lowest BCUT2D eigenvalue weighted by molar-refractivity contribution is 0.627. The van der Waals surface area contributed by atoms with E-state index in [1.165, 1.54) is 28.8 Å². The molecule has 1 N–H and O–H groups in total. The normalized spacial score (nSPS) is 14.9. The Morgan fingerprint density at radius 3 is 2.55 bits per heavy atom. The summed E-state index contributed by atoms with van der Waals surface area (Å²) in [6.45, 7) is 1.98. The maximum Gasteiger partial charge on any atom is 0.123 e. The molecule has 0 fully saturated rings. The summed E-state index contributed by atoms with van der Waals surface area (Å²) in [5, 5.41) is 3.34. The predicted molar refractivity (Wildman–Crippen MR) is 81.1 cm³/mol. The molecule has 1 aliphatic heterocycles. The summed E-state index contributed by atoms with van der Waals surface area (Å²) in [4.78, 5) is 0. The van der Waals surface area contributed by atoms with E-state index < -0.39 is 0 Å². The summed E-state index contributed by atoms with van der Waals surface area (Å²) >= 11 is 0. The Kier molecular flexibility index (Phi) is 3.93. The molecule has 2 aromatic carbocycles. The Balaban J connectivity index is 1.89. The minimum atomic E-state index is -0.178. The van der Waals surface area contributed by atoms with E-state index in [1.54, 1.807) is 0 Å². The second-order valence-corrected chi connectivity index (χ2v) is 5.14. The molecule has 2 aromatic rings. The van der Waals surface area contributed by atoms with E-state index in [2.05, 4.69) is 35.7 Å². The average Bonchev–Trinajstić information content (AvgIpc) is 2.51. The second kappa shape index (κ2) is 6.02. The molecule has 0 radical (unpaired) electrons. The molecule has 3 rings (SSSR count). The monoisotopic (exact) mass is 267 g/mol. The lowest BCUT2D eigenvalue weighted by Crippen LogP contribution is -2.20. The summed E-state index contributed by atoms with van der Waals surface area (Å²) in [5.74, 6) is -0.178. The van der Waals surface area contributed by atoms with Gasteiger partial charge < -0.3 is 5.32 Å². The quantitative estimate of drug-likeness (QED) is 0.892. The molecule has 0 unspecified atom stereocenters. The summed E-state index contributed by atoms with van der Waals surface area (Å²) in [6.07, 6.45) is 4.19. The lowest BCUT2D eigenvalue weighted by Gasteiger charge is -2.17. The summed E-state index contributed by atoms with van der Waals surface area (Å²) in [5.41, 5.74) is 5.21. The van der Waals surface area contributed by atoms with Crippen molar-refractivity contribution in [3.05, 3.63) is 77.1 Å². The summed E-state index contributed by atoms with van der Waals surface area (Å²) in [7, 11) is 0. The molecule has 1 nitrogen and oxygen atoms in total. The van der Waals surface area contributed by atoms with Gasteiger partial charge in [-0.2, -0.15) is 0 Å². The standard InChI is InChI=1S/C18H18FN/c19-17-7-5-14(6-8-17)13-16-3-1-2-4-18(16)15-9-11-20-12-10-15/h1-9,20H,10-13H2. The number of benzene rings is 2. The van der Waals surface area contributed by atoms with E-state index in [4.69, 9.17) is 0 Å². The lowest BCUT2D eigenvalue weighted by atomic mass is 9.92. The predicted octanol–water partition coefficient (Wildman–Crippen LogP) is 3.79. The molecule has 1 aliphatic rings. The molecule has 0 amide bonds. The SMILES string of the molecule is Fc1ccc(Cc2ccccc2C2=CCNCC2)cc1. The van der Waals surface area contributed by atoms with Crippen LogP contribution in [-0.2, 0) is 6.42 Å². The number of hydrogen-bond donors (Lipinski definition) is 1. The number of nitrogens with one attached hydrogen (secondary N) is 1. The molecule has 0 bridgehead atoms. The first-order chi connectivity index (χ1) is 9.83. The van der Waals surface area contributed by atoms with Crippen LogP contribution in [0.5, 0.6) is 0 Å². The molecule has 0 aliphatic carbocycles. The highest BCUT2D eigenvalue weighted by molar-refractivity contribution is 5.69. The summed E-state index contributed by atoms with van der Waals surface area (Å²) in [6, 6.07) is 15.3. The van der Waals surface area contributed by atoms with Crippen LogP contribution in [-0.4, -0.2) is 13.1 Å². The highest BCUT2D eigenvalue weighted by Crippen LogP contribution is 2.25. The van der Waals surface area contributed by atoms with Gasteiger partial charge in [-0.15, -0.1) is 0 Å². The molecule has 2 heteroatoms. The summed E-state index contributed by atoms with van der Waals surface area (Å²) < 4.78 is 13.0. The topological polar surface area (TPSA) is 12.0 Å². The van der Waals surface area contributed by atoms with Gasteiger partial charge in [-0.05, 0) is 53.8 Å². The van der Waals surface area contributed by atoms with Crippen LogP contribution >= 0.6 is 0 Å². The van der Waals surface area contributed by atoms with Crippen LogP contribution in [0.1, 0.15) is 23.1 Å². The van der Waals surface area contributed by atoms with Crippen molar-refractivity contribution in [1.82, 2.24) is 5.32 Å². The Bertz CT molecular complexity index is 614. The fraction of sp³-hybridized carbons (Fsp3) is 0.222. The van der Waals surface area contributed by atoms with E-state index in [0.29, 0.717) is 0 Å². The van der Waals surface area contributed by atoms with E-state index >= 15 is 0 Å². The molecule has 0 atom stereocenters. The number of rotatable bonds is 3. The third-order valence-electron chi connectivity index (χ3n) is 3.74.